The van der Waals surface area contributed by atoms with Gasteiger partial charge in [-0.1, -0.05) is 0 Å². The third kappa shape index (κ3) is 2.94. The molecule has 0 fully saturated rings. The van der Waals surface area contributed by atoms with Gasteiger partial charge in [0.05, 0.1) is 10.2 Å². The van der Waals surface area contributed by atoms with Gasteiger partial charge in [0, 0.05) is 18.0 Å². The molecule has 1 N–H and O–H groups in total. The third-order valence-electron chi connectivity index (χ3n) is 3.44. The normalized spacial score (nSPS) is 14.5. The quantitative estimate of drug-likeness (QED) is 0.907. The lowest BCUT2D eigenvalue weighted by atomic mass is 10.2. The molecular weight excluding hydrogens is 350 g/mol. The summed E-state index contributed by atoms with van der Waals surface area (Å²) in [6.07, 6.45) is 1.80. The molecule has 2 heterocycles. The Labute approximate surface area is 136 Å². The van der Waals surface area contributed by atoms with Crippen molar-refractivity contribution in [1.82, 2.24) is 9.78 Å². The molecule has 0 radical (unpaired) electrons. The Morgan fingerprint density at radius 2 is 2.09 bits per heavy atom. The highest BCUT2D eigenvalue weighted by atomic mass is 79.9. The van der Waals surface area contributed by atoms with Gasteiger partial charge in [-0.05, 0) is 41.9 Å². The number of hydrogen-bond donors (Lipinski definition) is 1. The first-order chi connectivity index (χ1) is 10.5. The summed E-state index contributed by atoms with van der Waals surface area (Å²) in [5, 5.41) is 7.18. The Hall–Kier alpha value is -2.02. The van der Waals surface area contributed by atoms with Crippen LogP contribution in [0.3, 0.4) is 0 Å². The van der Waals surface area contributed by atoms with Crippen LogP contribution in [-0.2, 0) is 4.79 Å². The molecule has 0 bridgehead atoms. The minimum atomic E-state index is -0.418. The van der Waals surface area contributed by atoms with Gasteiger partial charge >= 0.3 is 0 Å². The molecule has 1 aliphatic rings. The molecule has 22 heavy (non-hydrogen) atoms. The second-order valence-electron chi connectivity index (χ2n) is 5.07. The van der Waals surface area contributed by atoms with Gasteiger partial charge in [0.1, 0.15) is 19.3 Å². The fraction of sp³-hybridized carbons (Fsp3) is 0.333. The number of ether oxygens (including phenoxy) is 2. The monoisotopic (exact) mass is 365 g/mol. The summed E-state index contributed by atoms with van der Waals surface area (Å²) in [5.41, 5.74) is 1.52. The standard InChI is InChI=1S/C15H16BrN3O3/c1-9-12(16)8-19(18-9)10(2)15(20)17-11-3-4-13-14(7-11)22-6-5-21-13/h3-4,7-8,10H,5-6H2,1-2H3,(H,17,20). The maximum atomic E-state index is 12.3. The second kappa shape index (κ2) is 6.00. The summed E-state index contributed by atoms with van der Waals surface area (Å²) < 4.78 is 13.5. The van der Waals surface area contributed by atoms with Crippen molar-refractivity contribution in [2.75, 3.05) is 18.5 Å². The average molecular weight is 366 g/mol. The number of fused-ring (bicyclic) bond motifs is 1. The smallest absolute Gasteiger partial charge is 0.248 e. The van der Waals surface area contributed by atoms with E-state index in [9.17, 15) is 4.79 Å². The summed E-state index contributed by atoms with van der Waals surface area (Å²) in [4.78, 5) is 12.3. The molecule has 3 rings (SSSR count). The van der Waals surface area contributed by atoms with Crippen molar-refractivity contribution in [3.05, 3.63) is 34.6 Å². The van der Waals surface area contributed by atoms with Crippen LogP contribution in [0.2, 0.25) is 0 Å². The molecule has 7 heteroatoms. The van der Waals surface area contributed by atoms with E-state index in [4.69, 9.17) is 9.47 Å². The molecule has 0 saturated heterocycles. The zero-order chi connectivity index (χ0) is 15.7. The Balaban J connectivity index is 1.73. The average Bonchev–Trinajstić information content (AvgIpc) is 2.85. The molecule has 0 aliphatic carbocycles. The summed E-state index contributed by atoms with van der Waals surface area (Å²) in [5.74, 6) is 1.20. The third-order valence-corrected chi connectivity index (χ3v) is 4.22. The zero-order valence-corrected chi connectivity index (χ0v) is 13.9. The lowest BCUT2D eigenvalue weighted by Crippen LogP contribution is -2.24. The largest absolute Gasteiger partial charge is 0.486 e. The highest BCUT2D eigenvalue weighted by Gasteiger charge is 2.18. The molecule has 0 spiro atoms. The van der Waals surface area contributed by atoms with Crippen molar-refractivity contribution in [3.8, 4) is 11.5 Å². The molecule has 1 amide bonds. The minimum absolute atomic E-state index is 0.147. The highest BCUT2D eigenvalue weighted by molar-refractivity contribution is 9.10. The van der Waals surface area contributed by atoms with Gasteiger partial charge in [0.2, 0.25) is 5.91 Å². The van der Waals surface area contributed by atoms with Crippen LogP contribution in [-0.4, -0.2) is 28.9 Å². The molecule has 1 unspecified atom stereocenters. The minimum Gasteiger partial charge on any atom is -0.486 e. The maximum absolute atomic E-state index is 12.3. The Bertz CT molecular complexity index is 695. The number of amides is 1. The van der Waals surface area contributed by atoms with E-state index in [2.05, 4.69) is 26.3 Å². The first-order valence-electron chi connectivity index (χ1n) is 6.96. The SMILES string of the molecule is Cc1nn(C(C)C(=O)Nc2ccc3c(c2)OCCO3)cc1Br. The van der Waals surface area contributed by atoms with Crippen LogP contribution in [0.1, 0.15) is 18.7 Å². The van der Waals surface area contributed by atoms with Crippen molar-refractivity contribution < 1.29 is 14.3 Å². The number of nitrogens with one attached hydrogen (secondary N) is 1. The Morgan fingerprint density at radius 3 is 2.77 bits per heavy atom. The number of halogens is 1. The van der Waals surface area contributed by atoms with E-state index >= 15 is 0 Å². The van der Waals surface area contributed by atoms with Gasteiger partial charge in [-0.25, -0.2) is 0 Å². The van der Waals surface area contributed by atoms with Crippen molar-refractivity contribution in [1.29, 1.82) is 0 Å². The number of anilines is 1. The fourth-order valence-corrected chi connectivity index (χ4v) is 2.43. The molecule has 1 aromatic carbocycles. The number of carbonyl (C=O) groups is 1. The van der Waals surface area contributed by atoms with Gasteiger partial charge < -0.3 is 14.8 Å². The number of hydrogen-bond acceptors (Lipinski definition) is 4. The zero-order valence-electron chi connectivity index (χ0n) is 12.3. The van der Waals surface area contributed by atoms with Crippen LogP contribution in [0.15, 0.2) is 28.9 Å². The predicted molar refractivity (Wildman–Crippen MR) is 85.4 cm³/mol. The predicted octanol–water partition coefficient (Wildman–Crippen LogP) is 2.92. The molecule has 1 aromatic heterocycles. The van der Waals surface area contributed by atoms with Crippen molar-refractivity contribution in [2.45, 2.75) is 19.9 Å². The summed E-state index contributed by atoms with van der Waals surface area (Å²) in [6.45, 7) is 4.74. The van der Waals surface area contributed by atoms with Crippen LogP contribution in [0.25, 0.3) is 0 Å². The summed E-state index contributed by atoms with van der Waals surface area (Å²) >= 11 is 3.40. The Kier molecular flexibility index (Phi) is 4.06. The Morgan fingerprint density at radius 1 is 1.36 bits per heavy atom. The highest BCUT2D eigenvalue weighted by Crippen LogP contribution is 2.32. The summed E-state index contributed by atoms with van der Waals surface area (Å²) in [7, 11) is 0. The number of aromatic nitrogens is 2. The summed E-state index contributed by atoms with van der Waals surface area (Å²) in [6, 6.07) is 4.94. The number of nitrogens with zero attached hydrogens (tertiary/aromatic N) is 2. The van der Waals surface area contributed by atoms with Crippen LogP contribution in [0.4, 0.5) is 5.69 Å². The first kappa shape index (κ1) is 14.9. The lowest BCUT2D eigenvalue weighted by molar-refractivity contribution is -0.119. The number of aryl methyl sites for hydroxylation is 1. The fourth-order valence-electron chi connectivity index (χ4n) is 2.15. The number of benzene rings is 1. The van der Waals surface area contributed by atoms with Crippen LogP contribution in [0.5, 0.6) is 11.5 Å². The van der Waals surface area contributed by atoms with Crippen LogP contribution < -0.4 is 14.8 Å². The second-order valence-corrected chi connectivity index (χ2v) is 5.92. The van der Waals surface area contributed by atoms with Gasteiger partial charge in [-0.15, -0.1) is 0 Å². The van der Waals surface area contributed by atoms with E-state index in [-0.39, 0.29) is 5.91 Å². The number of rotatable bonds is 3. The van der Waals surface area contributed by atoms with E-state index in [1.54, 1.807) is 36.0 Å². The van der Waals surface area contributed by atoms with Gasteiger partial charge in [0.25, 0.3) is 0 Å². The van der Waals surface area contributed by atoms with Gasteiger partial charge in [0.15, 0.2) is 11.5 Å². The molecule has 2 aromatic rings. The maximum Gasteiger partial charge on any atom is 0.248 e. The lowest BCUT2D eigenvalue weighted by Gasteiger charge is -2.19. The van der Waals surface area contributed by atoms with E-state index in [1.807, 2.05) is 6.92 Å². The molecule has 116 valence electrons. The van der Waals surface area contributed by atoms with E-state index < -0.39 is 6.04 Å². The topological polar surface area (TPSA) is 65.4 Å². The first-order valence-corrected chi connectivity index (χ1v) is 7.75. The van der Waals surface area contributed by atoms with E-state index in [0.29, 0.717) is 30.4 Å². The van der Waals surface area contributed by atoms with Crippen LogP contribution in [0, 0.1) is 6.92 Å². The molecule has 1 atom stereocenters. The molecular formula is C15H16BrN3O3. The van der Waals surface area contributed by atoms with E-state index in [1.165, 1.54) is 0 Å². The molecule has 6 nitrogen and oxygen atoms in total. The van der Waals surface area contributed by atoms with Crippen LogP contribution >= 0.6 is 15.9 Å². The number of carbonyl (C=O) groups excluding carboxylic acids is 1. The molecule has 1 aliphatic heterocycles. The van der Waals surface area contributed by atoms with Gasteiger partial charge in [-0.2, -0.15) is 5.10 Å². The molecule has 0 saturated carbocycles. The van der Waals surface area contributed by atoms with E-state index in [0.717, 1.165) is 10.2 Å². The van der Waals surface area contributed by atoms with Gasteiger partial charge in [-0.3, -0.25) is 9.48 Å². The van der Waals surface area contributed by atoms with Crippen molar-refractivity contribution >= 4 is 27.5 Å². The van der Waals surface area contributed by atoms with Crippen molar-refractivity contribution in [2.24, 2.45) is 0 Å². The van der Waals surface area contributed by atoms with Crippen molar-refractivity contribution in [3.63, 3.8) is 0 Å².